The minimum atomic E-state index is -4.42. The fraction of sp³-hybridized carbons (Fsp3) is 0.375. The number of rotatable bonds is 15. The normalized spacial score (nSPS) is 11.8. The van der Waals surface area contributed by atoms with Gasteiger partial charge in [-0.05, 0) is 56.2 Å². The molecule has 0 aromatic heterocycles. The number of ether oxygens (including phenoxy) is 3. The maximum Gasteiger partial charge on any atom is 0.265 e. The second-order valence-electron chi connectivity index (χ2n) is 10.2. The summed E-state index contributed by atoms with van der Waals surface area (Å²) in [6, 6.07) is 15.3. The van der Waals surface area contributed by atoms with Gasteiger partial charge >= 0.3 is 0 Å². The number of sulfonamides is 1. The summed E-state index contributed by atoms with van der Waals surface area (Å²) in [6.07, 6.45) is 1.68. The summed E-state index contributed by atoms with van der Waals surface area (Å²) in [6.45, 7) is 5.47. The van der Waals surface area contributed by atoms with Crippen LogP contribution in [0.4, 0.5) is 5.69 Å². The Morgan fingerprint density at radius 1 is 0.932 bits per heavy atom. The molecule has 0 radical (unpaired) electrons. The Morgan fingerprint density at radius 3 is 2.25 bits per heavy atom. The van der Waals surface area contributed by atoms with Gasteiger partial charge in [-0.2, -0.15) is 0 Å². The van der Waals surface area contributed by atoms with Crippen LogP contribution in [-0.2, 0) is 26.2 Å². The molecule has 0 bridgehead atoms. The molecule has 0 spiro atoms. The van der Waals surface area contributed by atoms with Crippen LogP contribution in [0.25, 0.3) is 0 Å². The minimum Gasteiger partial charge on any atom is -0.495 e. The molecule has 0 fully saturated rings. The largest absolute Gasteiger partial charge is 0.495 e. The molecule has 3 aromatic carbocycles. The fourth-order valence-corrected chi connectivity index (χ4v) is 6.20. The summed E-state index contributed by atoms with van der Waals surface area (Å²) >= 11 is 6.31. The van der Waals surface area contributed by atoms with Crippen molar-refractivity contribution in [2.45, 2.75) is 51.1 Å². The molecule has 0 heterocycles. The summed E-state index contributed by atoms with van der Waals surface area (Å²) in [4.78, 5) is 28.6. The van der Waals surface area contributed by atoms with Crippen LogP contribution in [-0.4, -0.2) is 65.6 Å². The van der Waals surface area contributed by atoms with Gasteiger partial charge in [-0.3, -0.25) is 13.9 Å². The lowest BCUT2D eigenvalue weighted by Crippen LogP contribution is -2.51. The van der Waals surface area contributed by atoms with Crippen LogP contribution < -0.4 is 23.8 Å². The number of benzene rings is 3. The van der Waals surface area contributed by atoms with Crippen LogP contribution in [0.3, 0.4) is 0 Å². The van der Waals surface area contributed by atoms with Gasteiger partial charge in [0.05, 0.1) is 31.9 Å². The van der Waals surface area contributed by atoms with Gasteiger partial charge in [0.25, 0.3) is 10.0 Å². The number of hydrogen-bond acceptors (Lipinski definition) is 7. The van der Waals surface area contributed by atoms with Crippen LogP contribution in [0, 0.1) is 6.92 Å². The van der Waals surface area contributed by atoms with Crippen LogP contribution in [0.5, 0.6) is 17.2 Å². The summed E-state index contributed by atoms with van der Waals surface area (Å²) in [7, 11) is -0.195. The van der Waals surface area contributed by atoms with E-state index in [0.717, 1.165) is 28.3 Å². The third-order valence-corrected chi connectivity index (χ3v) is 9.05. The molecule has 0 aliphatic carbocycles. The highest BCUT2D eigenvalue weighted by Crippen LogP contribution is 2.37. The van der Waals surface area contributed by atoms with Gasteiger partial charge in [-0.1, -0.05) is 54.8 Å². The predicted molar refractivity (Wildman–Crippen MR) is 171 cm³/mol. The smallest absolute Gasteiger partial charge is 0.265 e. The number of nitrogens with zero attached hydrogens (tertiary/aromatic N) is 2. The lowest BCUT2D eigenvalue weighted by atomic mass is 10.1. The van der Waals surface area contributed by atoms with Gasteiger partial charge < -0.3 is 24.4 Å². The SMILES string of the molecule is CCCCNC(=O)[C@@H](C)N(Cc1cccc(C)c1)C(=O)CN(c1cc(Cl)ccc1OC)S(=O)(=O)c1ccc(OC)c(OC)c1. The van der Waals surface area contributed by atoms with Crippen molar-refractivity contribution in [1.82, 2.24) is 10.2 Å². The van der Waals surface area contributed by atoms with Crippen LogP contribution in [0.2, 0.25) is 5.02 Å². The zero-order valence-electron chi connectivity index (χ0n) is 25.9. The molecule has 0 aliphatic rings. The van der Waals surface area contributed by atoms with Gasteiger partial charge in [0.2, 0.25) is 11.8 Å². The van der Waals surface area contributed by atoms with E-state index in [4.69, 9.17) is 25.8 Å². The molecule has 0 saturated carbocycles. The first kappa shape index (κ1) is 34.5. The van der Waals surface area contributed by atoms with Crippen molar-refractivity contribution >= 4 is 39.1 Å². The van der Waals surface area contributed by atoms with E-state index in [1.54, 1.807) is 13.0 Å². The van der Waals surface area contributed by atoms with Crippen molar-refractivity contribution in [2.24, 2.45) is 0 Å². The number of nitrogens with one attached hydrogen (secondary N) is 1. The van der Waals surface area contributed by atoms with Crippen molar-refractivity contribution in [3.05, 3.63) is 76.8 Å². The number of halogens is 1. The second-order valence-corrected chi connectivity index (χ2v) is 12.5. The van der Waals surface area contributed by atoms with E-state index >= 15 is 0 Å². The van der Waals surface area contributed by atoms with Gasteiger partial charge in [0.1, 0.15) is 18.3 Å². The standard InChI is InChI=1S/C32H40ClN3O7S/c1-7-8-16-34-32(38)23(3)35(20-24-11-9-10-22(2)17-24)31(37)21-36(27-18-25(33)12-14-28(27)41-4)44(39,40)26-13-15-29(42-5)30(19-26)43-6/h9-15,17-19,23H,7-8,16,20-21H2,1-6H3,(H,34,38)/t23-/m1/s1. The van der Waals surface area contributed by atoms with E-state index in [9.17, 15) is 18.0 Å². The Morgan fingerprint density at radius 2 is 1.61 bits per heavy atom. The molecule has 12 heteroatoms. The molecule has 1 N–H and O–H groups in total. The third kappa shape index (κ3) is 8.35. The van der Waals surface area contributed by atoms with Gasteiger partial charge in [0, 0.05) is 24.2 Å². The van der Waals surface area contributed by atoms with Crippen molar-refractivity contribution in [3.63, 3.8) is 0 Å². The van der Waals surface area contributed by atoms with E-state index in [0.29, 0.717) is 12.3 Å². The molecular formula is C32H40ClN3O7S. The van der Waals surface area contributed by atoms with Gasteiger partial charge in [-0.25, -0.2) is 8.42 Å². The average Bonchev–Trinajstić information content (AvgIpc) is 3.01. The summed E-state index contributed by atoms with van der Waals surface area (Å²) in [5.74, 6) is -0.232. The Balaban J connectivity index is 2.12. The topological polar surface area (TPSA) is 114 Å². The van der Waals surface area contributed by atoms with E-state index in [1.807, 2.05) is 38.1 Å². The molecule has 0 aliphatic heterocycles. The van der Waals surface area contributed by atoms with E-state index < -0.39 is 28.5 Å². The maximum atomic E-state index is 14.3. The lowest BCUT2D eigenvalue weighted by molar-refractivity contribution is -0.139. The number of anilines is 1. The summed E-state index contributed by atoms with van der Waals surface area (Å²) < 4.78 is 45.6. The van der Waals surface area contributed by atoms with Gasteiger partial charge in [0.15, 0.2) is 11.5 Å². The monoisotopic (exact) mass is 645 g/mol. The van der Waals surface area contributed by atoms with Gasteiger partial charge in [-0.15, -0.1) is 0 Å². The number of amides is 2. The summed E-state index contributed by atoms with van der Waals surface area (Å²) in [5.41, 5.74) is 1.83. The Labute approximate surface area is 264 Å². The lowest BCUT2D eigenvalue weighted by Gasteiger charge is -2.32. The number of carbonyl (C=O) groups is 2. The Kier molecular flexibility index (Phi) is 12.3. The van der Waals surface area contributed by atoms with Crippen LogP contribution >= 0.6 is 11.6 Å². The third-order valence-electron chi connectivity index (χ3n) is 7.06. The molecule has 0 saturated heterocycles. The highest BCUT2D eigenvalue weighted by molar-refractivity contribution is 7.92. The Hall–Kier alpha value is -3.96. The fourth-order valence-electron chi connectivity index (χ4n) is 4.60. The average molecular weight is 646 g/mol. The zero-order valence-corrected chi connectivity index (χ0v) is 27.5. The quantitative estimate of drug-likeness (QED) is 0.226. The van der Waals surface area contributed by atoms with Crippen molar-refractivity contribution in [1.29, 1.82) is 0 Å². The molecule has 44 heavy (non-hydrogen) atoms. The molecule has 0 unspecified atom stereocenters. The molecule has 10 nitrogen and oxygen atoms in total. The molecule has 238 valence electrons. The first-order valence-electron chi connectivity index (χ1n) is 14.2. The van der Waals surface area contributed by atoms with E-state index in [-0.39, 0.29) is 39.6 Å². The molecule has 2 amide bonds. The maximum absolute atomic E-state index is 14.3. The predicted octanol–water partition coefficient (Wildman–Crippen LogP) is 5.20. The van der Waals surface area contributed by atoms with Crippen LogP contribution in [0.15, 0.2) is 65.6 Å². The highest BCUT2D eigenvalue weighted by atomic mass is 35.5. The number of hydrogen-bond donors (Lipinski definition) is 1. The molecule has 3 rings (SSSR count). The molecule has 1 atom stereocenters. The van der Waals surface area contributed by atoms with Crippen LogP contribution in [0.1, 0.15) is 37.8 Å². The first-order chi connectivity index (χ1) is 21.0. The number of aryl methyl sites for hydroxylation is 1. The van der Waals surface area contributed by atoms with Crippen molar-refractivity contribution in [3.8, 4) is 17.2 Å². The zero-order chi connectivity index (χ0) is 32.4. The number of unbranched alkanes of at least 4 members (excludes halogenated alkanes) is 1. The Bertz CT molecular complexity index is 1570. The summed E-state index contributed by atoms with van der Waals surface area (Å²) in [5, 5.41) is 3.12. The first-order valence-corrected chi connectivity index (χ1v) is 16.0. The van der Waals surface area contributed by atoms with Crippen molar-refractivity contribution in [2.75, 3.05) is 38.7 Å². The number of carbonyl (C=O) groups excluding carboxylic acids is 2. The molecule has 3 aromatic rings. The molecular weight excluding hydrogens is 606 g/mol. The van der Waals surface area contributed by atoms with Crippen molar-refractivity contribution < 1.29 is 32.2 Å². The minimum absolute atomic E-state index is 0.0543. The highest BCUT2D eigenvalue weighted by Gasteiger charge is 2.34. The van der Waals surface area contributed by atoms with E-state index in [1.165, 1.54) is 56.6 Å². The van der Waals surface area contributed by atoms with E-state index in [2.05, 4.69) is 5.32 Å². The second kappa shape index (κ2) is 15.7. The number of methoxy groups -OCH3 is 3.